The Hall–Kier alpha value is -1.51. The molecule has 0 radical (unpaired) electrons. The van der Waals surface area contributed by atoms with Crippen LogP contribution >= 0.6 is 0 Å². The van der Waals surface area contributed by atoms with Crippen molar-refractivity contribution >= 4 is 11.6 Å². The van der Waals surface area contributed by atoms with Crippen LogP contribution in [0.5, 0.6) is 0 Å². The van der Waals surface area contributed by atoms with Gasteiger partial charge in [-0.15, -0.1) is 0 Å². The first-order valence-electron chi connectivity index (χ1n) is 5.16. The topological polar surface area (TPSA) is 46.3 Å². The van der Waals surface area contributed by atoms with E-state index in [1.54, 1.807) is 4.90 Å². The molecule has 0 atom stereocenters. The highest BCUT2D eigenvalue weighted by Gasteiger charge is 2.25. The molecule has 0 aromatic heterocycles. The molecular weight excluding hydrogens is 188 g/mol. The Labute approximate surface area is 89.9 Å². The molecule has 2 rings (SSSR count). The van der Waals surface area contributed by atoms with Gasteiger partial charge < -0.3 is 10.6 Å². The van der Waals surface area contributed by atoms with Gasteiger partial charge in [-0.3, -0.25) is 4.79 Å². The van der Waals surface area contributed by atoms with Crippen molar-refractivity contribution in [1.82, 2.24) is 4.90 Å². The molecule has 80 valence electrons. The number of nitrogen functional groups attached to an aromatic ring is 1. The lowest BCUT2D eigenvalue weighted by molar-refractivity contribution is 0.0781. The standard InChI is InChI=1S/C12H16N2O/c1-7-6-8(2)11(13)10-9(7)4-5-14(3)12(10)15/h6H,4-5,13H2,1-3H3. The summed E-state index contributed by atoms with van der Waals surface area (Å²) in [4.78, 5) is 13.7. The molecule has 1 aliphatic heterocycles. The first-order valence-corrected chi connectivity index (χ1v) is 5.16. The molecule has 0 saturated heterocycles. The van der Waals surface area contributed by atoms with Crippen molar-refractivity contribution in [1.29, 1.82) is 0 Å². The molecule has 0 fully saturated rings. The summed E-state index contributed by atoms with van der Waals surface area (Å²) in [6.07, 6.45) is 0.911. The predicted molar refractivity (Wildman–Crippen MR) is 61.0 cm³/mol. The maximum atomic E-state index is 12.0. The van der Waals surface area contributed by atoms with E-state index in [2.05, 4.69) is 6.07 Å². The summed E-state index contributed by atoms with van der Waals surface area (Å²) in [6, 6.07) is 2.06. The van der Waals surface area contributed by atoms with Crippen molar-refractivity contribution in [2.75, 3.05) is 19.3 Å². The molecule has 3 heteroatoms. The van der Waals surface area contributed by atoms with E-state index in [1.165, 1.54) is 5.56 Å². The third kappa shape index (κ3) is 1.39. The normalized spacial score (nSPS) is 15.4. The van der Waals surface area contributed by atoms with Crippen molar-refractivity contribution in [2.24, 2.45) is 0 Å². The summed E-state index contributed by atoms with van der Waals surface area (Å²) in [6.45, 7) is 4.78. The van der Waals surface area contributed by atoms with Gasteiger partial charge in [0.15, 0.2) is 0 Å². The van der Waals surface area contributed by atoms with E-state index in [0.717, 1.165) is 29.7 Å². The summed E-state index contributed by atoms with van der Waals surface area (Å²) < 4.78 is 0. The number of amides is 1. The summed E-state index contributed by atoms with van der Waals surface area (Å²) >= 11 is 0. The number of fused-ring (bicyclic) bond motifs is 1. The fraction of sp³-hybridized carbons (Fsp3) is 0.417. The molecule has 1 amide bonds. The molecule has 3 nitrogen and oxygen atoms in total. The van der Waals surface area contributed by atoms with Crippen LogP contribution in [-0.4, -0.2) is 24.4 Å². The van der Waals surface area contributed by atoms with Gasteiger partial charge in [0.1, 0.15) is 0 Å². The largest absolute Gasteiger partial charge is 0.398 e. The first-order chi connectivity index (χ1) is 7.02. The number of benzene rings is 1. The van der Waals surface area contributed by atoms with Gasteiger partial charge in [-0.05, 0) is 37.0 Å². The Balaban J connectivity index is 2.70. The van der Waals surface area contributed by atoms with Crippen molar-refractivity contribution < 1.29 is 4.79 Å². The second-order valence-electron chi connectivity index (χ2n) is 4.25. The molecule has 2 N–H and O–H groups in total. The monoisotopic (exact) mass is 204 g/mol. The molecule has 0 unspecified atom stereocenters. The second kappa shape index (κ2) is 3.26. The van der Waals surface area contributed by atoms with E-state index < -0.39 is 0 Å². The van der Waals surface area contributed by atoms with Crippen LogP contribution < -0.4 is 5.73 Å². The summed E-state index contributed by atoms with van der Waals surface area (Å²) in [5.41, 5.74) is 10.6. The fourth-order valence-electron chi connectivity index (χ4n) is 2.18. The highest BCUT2D eigenvalue weighted by atomic mass is 16.2. The van der Waals surface area contributed by atoms with Gasteiger partial charge in [-0.1, -0.05) is 6.07 Å². The number of nitrogens with two attached hydrogens (primary N) is 1. The number of nitrogens with zero attached hydrogens (tertiary/aromatic N) is 1. The molecule has 0 spiro atoms. The molecule has 0 bridgehead atoms. The summed E-state index contributed by atoms with van der Waals surface area (Å²) in [5.74, 6) is 0.0561. The minimum Gasteiger partial charge on any atom is -0.398 e. The zero-order chi connectivity index (χ0) is 11.2. The lowest BCUT2D eigenvalue weighted by atomic mass is 9.91. The van der Waals surface area contributed by atoms with E-state index in [9.17, 15) is 4.79 Å². The molecule has 1 heterocycles. The number of rotatable bonds is 0. The predicted octanol–water partition coefficient (Wildman–Crippen LogP) is 1.51. The van der Waals surface area contributed by atoms with Crippen molar-refractivity contribution in [3.63, 3.8) is 0 Å². The Morgan fingerprint density at radius 1 is 1.33 bits per heavy atom. The Morgan fingerprint density at radius 2 is 2.00 bits per heavy atom. The zero-order valence-electron chi connectivity index (χ0n) is 9.42. The van der Waals surface area contributed by atoms with Crippen LogP contribution in [0.2, 0.25) is 0 Å². The molecule has 1 aromatic carbocycles. The van der Waals surface area contributed by atoms with E-state index in [0.29, 0.717) is 5.69 Å². The summed E-state index contributed by atoms with van der Waals surface area (Å²) in [5, 5.41) is 0. The van der Waals surface area contributed by atoms with Crippen LogP contribution in [0.3, 0.4) is 0 Å². The lowest BCUT2D eigenvalue weighted by Gasteiger charge is -2.27. The first kappa shape index (κ1) is 10.0. The number of hydrogen-bond acceptors (Lipinski definition) is 2. The third-order valence-electron chi connectivity index (χ3n) is 3.16. The van der Waals surface area contributed by atoms with Crippen LogP contribution in [0.15, 0.2) is 6.07 Å². The Morgan fingerprint density at radius 3 is 2.67 bits per heavy atom. The SMILES string of the molecule is Cc1cc(C)c2c(c1N)C(=O)N(C)CC2. The number of hydrogen-bond donors (Lipinski definition) is 1. The quantitative estimate of drug-likeness (QED) is 0.651. The van der Waals surface area contributed by atoms with Crippen molar-refractivity contribution in [3.05, 3.63) is 28.3 Å². The number of carbonyl (C=O) groups is 1. The van der Waals surface area contributed by atoms with E-state index in [4.69, 9.17) is 5.73 Å². The van der Waals surface area contributed by atoms with Crippen LogP contribution in [-0.2, 0) is 6.42 Å². The number of aryl methyl sites for hydroxylation is 2. The molecule has 15 heavy (non-hydrogen) atoms. The molecular formula is C12H16N2O. The van der Waals surface area contributed by atoms with Crippen LogP contribution in [0.25, 0.3) is 0 Å². The zero-order valence-corrected chi connectivity index (χ0v) is 9.42. The number of likely N-dealkylation sites (N-methyl/N-ethyl adjacent to an activating group) is 1. The average molecular weight is 204 g/mol. The van der Waals surface area contributed by atoms with Gasteiger partial charge in [-0.25, -0.2) is 0 Å². The minimum atomic E-state index is 0.0561. The highest BCUT2D eigenvalue weighted by molar-refractivity contribution is 6.02. The average Bonchev–Trinajstić information content (AvgIpc) is 2.19. The van der Waals surface area contributed by atoms with E-state index in [1.807, 2.05) is 20.9 Å². The molecule has 0 saturated carbocycles. The second-order valence-corrected chi connectivity index (χ2v) is 4.25. The fourth-order valence-corrected chi connectivity index (χ4v) is 2.18. The van der Waals surface area contributed by atoms with Gasteiger partial charge >= 0.3 is 0 Å². The van der Waals surface area contributed by atoms with E-state index in [-0.39, 0.29) is 5.91 Å². The number of anilines is 1. The van der Waals surface area contributed by atoms with Gasteiger partial charge in [0.05, 0.1) is 5.56 Å². The van der Waals surface area contributed by atoms with Gasteiger partial charge in [-0.2, -0.15) is 0 Å². The van der Waals surface area contributed by atoms with Crippen LogP contribution in [0, 0.1) is 13.8 Å². The molecule has 0 aliphatic carbocycles. The molecule has 1 aliphatic rings. The maximum Gasteiger partial charge on any atom is 0.255 e. The van der Waals surface area contributed by atoms with Gasteiger partial charge in [0.25, 0.3) is 5.91 Å². The molecule has 1 aromatic rings. The lowest BCUT2D eigenvalue weighted by Crippen LogP contribution is -2.35. The van der Waals surface area contributed by atoms with Crippen molar-refractivity contribution in [2.45, 2.75) is 20.3 Å². The van der Waals surface area contributed by atoms with Crippen LogP contribution in [0.4, 0.5) is 5.69 Å². The number of carbonyl (C=O) groups excluding carboxylic acids is 1. The van der Waals surface area contributed by atoms with Gasteiger partial charge in [0, 0.05) is 19.3 Å². The maximum absolute atomic E-state index is 12.0. The van der Waals surface area contributed by atoms with Crippen LogP contribution in [0.1, 0.15) is 27.0 Å². The smallest absolute Gasteiger partial charge is 0.255 e. The Kier molecular flexibility index (Phi) is 2.18. The highest BCUT2D eigenvalue weighted by Crippen LogP contribution is 2.29. The minimum absolute atomic E-state index is 0.0561. The Bertz CT molecular complexity index is 438. The third-order valence-corrected chi connectivity index (χ3v) is 3.16. The summed E-state index contributed by atoms with van der Waals surface area (Å²) in [7, 11) is 1.82. The van der Waals surface area contributed by atoms with E-state index >= 15 is 0 Å². The van der Waals surface area contributed by atoms with Crippen molar-refractivity contribution in [3.8, 4) is 0 Å². The van der Waals surface area contributed by atoms with Gasteiger partial charge in [0.2, 0.25) is 0 Å².